The Morgan fingerprint density at radius 2 is 2.30 bits per heavy atom. The lowest BCUT2D eigenvalue weighted by atomic mass is 9.92. The smallest absolute Gasteiger partial charge is 0.266 e. The van der Waals surface area contributed by atoms with Gasteiger partial charge in [0.15, 0.2) is 0 Å². The third-order valence-electron chi connectivity index (χ3n) is 4.36. The number of aromatic nitrogens is 1. The summed E-state index contributed by atoms with van der Waals surface area (Å²) < 4.78 is 0.978. The second-order valence-electron chi connectivity index (χ2n) is 5.58. The molecular weight excluding hydrogens is 270 g/mol. The number of piperidine rings is 1. The van der Waals surface area contributed by atoms with Crippen molar-refractivity contribution < 1.29 is 4.79 Å². The van der Waals surface area contributed by atoms with E-state index in [1.54, 1.807) is 12.4 Å². The molecule has 5 heteroatoms. The first-order valence-corrected chi connectivity index (χ1v) is 7.84. The highest BCUT2D eigenvalue weighted by Crippen LogP contribution is 2.35. The molecule has 2 aromatic heterocycles. The molecule has 1 aliphatic rings. The maximum Gasteiger partial charge on any atom is 0.266 e. The minimum absolute atomic E-state index is 0.0720. The number of nitrogen functional groups attached to an aromatic ring is 1. The normalized spacial score (nSPS) is 23.2. The summed E-state index contributed by atoms with van der Waals surface area (Å²) in [6, 6.07) is 2.15. The number of hydrogen-bond donors (Lipinski definition) is 1. The first-order valence-electron chi connectivity index (χ1n) is 7.02. The van der Waals surface area contributed by atoms with Crippen LogP contribution >= 0.6 is 11.3 Å². The molecule has 3 heterocycles. The highest BCUT2D eigenvalue weighted by Gasteiger charge is 2.31. The lowest BCUT2D eigenvalue weighted by Gasteiger charge is -2.37. The Morgan fingerprint density at radius 3 is 3.05 bits per heavy atom. The number of carbonyl (C=O) groups excluding carboxylic acids is 1. The molecule has 0 saturated carbocycles. The van der Waals surface area contributed by atoms with Gasteiger partial charge in [0.05, 0.1) is 10.4 Å². The molecular formula is C15H19N3OS. The predicted octanol–water partition coefficient (Wildman–Crippen LogP) is 3.14. The van der Waals surface area contributed by atoms with Crippen LogP contribution < -0.4 is 5.73 Å². The van der Waals surface area contributed by atoms with E-state index in [1.165, 1.54) is 17.8 Å². The topological polar surface area (TPSA) is 59.2 Å². The fourth-order valence-electron chi connectivity index (χ4n) is 2.88. The van der Waals surface area contributed by atoms with E-state index in [4.69, 9.17) is 5.73 Å². The molecule has 0 radical (unpaired) electrons. The summed E-state index contributed by atoms with van der Waals surface area (Å²) in [5, 5.41) is 0.936. The lowest BCUT2D eigenvalue weighted by molar-refractivity contribution is 0.0557. The predicted molar refractivity (Wildman–Crippen MR) is 82.9 cm³/mol. The maximum atomic E-state index is 12.8. The quantitative estimate of drug-likeness (QED) is 0.877. The Bertz CT molecular complexity index is 652. The van der Waals surface area contributed by atoms with Crippen molar-refractivity contribution >= 4 is 33.0 Å². The molecule has 2 aromatic rings. The number of nitrogens with two attached hydrogens (primary N) is 1. The van der Waals surface area contributed by atoms with E-state index in [1.807, 2.05) is 11.0 Å². The minimum Gasteiger partial charge on any atom is -0.397 e. The second kappa shape index (κ2) is 5.05. The summed E-state index contributed by atoms with van der Waals surface area (Å²) in [5.74, 6) is 0.618. The van der Waals surface area contributed by atoms with Crippen LogP contribution in [0.1, 0.15) is 36.4 Å². The van der Waals surface area contributed by atoms with Crippen LogP contribution in [0.4, 0.5) is 5.69 Å². The number of likely N-dealkylation sites (tertiary alicyclic amines) is 1. The van der Waals surface area contributed by atoms with Gasteiger partial charge in [-0.25, -0.2) is 0 Å². The molecule has 2 atom stereocenters. The van der Waals surface area contributed by atoms with Crippen molar-refractivity contribution in [1.29, 1.82) is 0 Å². The van der Waals surface area contributed by atoms with Crippen molar-refractivity contribution in [3.8, 4) is 0 Å². The zero-order chi connectivity index (χ0) is 14.3. The summed E-state index contributed by atoms with van der Waals surface area (Å²) in [6.45, 7) is 5.17. The molecule has 4 nitrogen and oxygen atoms in total. The van der Waals surface area contributed by atoms with Crippen LogP contribution in [-0.2, 0) is 0 Å². The van der Waals surface area contributed by atoms with E-state index in [0.717, 1.165) is 23.1 Å². The number of nitrogens with zero attached hydrogens (tertiary/aromatic N) is 2. The van der Waals surface area contributed by atoms with Gasteiger partial charge in [0.1, 0.15) is 4.88 Å². The average molecular weight is 289 g/mol. The highest BCUT2D eigenvalue weighted by molar-refractivity contribution is 7.21. The van der Waals surface area contributed by atoms with Gasteiger partial charge >= 0.3 is 0 Å². The highest BCUT2D eigenvalue weighted by atomic mass is 32.1. The van der Waals surface area contributed by atoms with Crippen LogP contribution in [-0.4, -0.2) is 28.4 Å². The molecule has 106 valence electrons. The number of amides is 1. The number of carbonyl (C=O) groups is 1. The molecule has 0 spiro atoms. The zero-order valence-corrected chi connectivity index (χ0v) is 12.6. The van der Waals surface area contributed by atoms with E-state index in [0.29, 0.717) is 16.5 Å². The SMILES string of the molecule is CC1CCCN(C(=O)c2sc3cnccc3c2N)C1C. The lowest BCUT2D eigenvalue weighted by Crippen LogP contribution is -2.45. The molecule has 2 unspecified atom stereocenters. The monoisotopic (exact) mass is 289 g/mol. The van der Waals surface area contributed by atoms with E-state index in [2.05, 4.69) is 18.8 Å². The van der Waals surface area contributed by atoms with Gasteiger partial charge < -0.3 is 10.6 Å². The van der Waals surface area contributed by atoms with Crippen molar-refractivity contribution in [3.05, 3.63) is 23.3 Å². The molecule has 1 saturated heterocycles. The van der Waals surface area contributed by atoms with Crippen LogP contribution in [0.15, 0.2) is 18.5 Å². The Labute approximate surface area is 122 Å². The van der Waals surface area contributed by atoms with Gasteiger partial charge in [-0.05, 0) is 31.7 Å². The number of pyridine rings is 1. The maximum absolute atomic E-state index is 12.8. The molecule has 1 amide bonds. The largest absolute Gasteiger partial charge is 0.397 e. The number of rotatable bonds is 1. The van der Waals surface area contributed by atoms with Crippen LogP contribution in [0.3, 0.4) is 0 Å². The van der Waals surface area contributed by atoms with Crippen molar-refractivity contribution in [3.63, 3.8) is 0 Å². The van der Waals surface area contributed by atoms with E-state index in [-0.39, 0.29) is 11.9 Å². The van der Waals surface area contributed by atoms with Gasteiger partial charge in [-0.1, -0.05) is 6.92 Å². The Hall–Kier alpha value is -1.62. The van der Waals surface area contributed by atoms with Gasteiger partial charge in [-0.15, -0.1) is 11.3 Å². The first-order chi connectivity index (χ1) is 9.59. The number of fused-ring (bicyclic) bond motifs is 1. The summed E-state index contributed by atoms with van der Waals surface area (Å²) in [5.41, 5.74) is 6.76. The number of hydrogen-bond acceptors (Lipinski definition) is 4. The Balaban J connectivity index is 1.98. The van der Waals surface area contributed by atoms with Crippen molar-refractivity contribution in [2.75, 3.05) is 12.3 Å². The second-order valence-corrected chi connectivity index (χ2v) is 6.63. The van der Waals surface area contributed by atoms with Crippen LogP contribution in [0.2, 0.25) is 0 Å². The Kier molecular flexibility index (Phi) is 3.38. The fraction of sp³-hybridized carbons (Fsp3) is 0.467. The fourth-order valence-corrected chi connectivity index (χ4v) is 3.93. The molecule has 3 rings (SSSR count). The molecule has 1 aliphatic heterocycles. The molecule has 0 aliphatic carbocycles. The zero-order valence-electron chi connectivity index (χ0n) is 11.8. The van der Waals surface area contributed by atoms with Crippen LogP contribution in [0.5, 0.6) is 0 Å². The van der Waals surface area contributed by atoms with Crippen molar-refractivity contribution in [2.45, 2.75) is 32.7 Å². The van der Waals surface area contributed by atoms with Gasteiger partial charge in [0.25, 0.3) is 5.91 Å². The van der Waals surface area contributed by atoms with Gasteiger partial charge in [0, 0.05) is 30.4 Å². The molecule has 2 N–H and O–H groups in total. The molecule has 0 aromatic carbocycles. The number of anilines is 1. The van der Waals surface area contributed by atoms with E-state index < -0.39 is 0 Å². The third-order valence-corrected chi connectivity index (χ3v) is 5.50. The minimum atomic E-state index is 0.0720. The van der Waals surface area contributed by atoms with E-state index in [9.17, 15) is 4.79 Å². The summed E-state index contributed by atoms with van der Waals surface area (Å²) in [7, 11) is 0. The Morgan fingerprint density at radius 1 is 1.50 bits per heavy atom. The molecule has 1 fully saturated rings. The standard InChI is InChI=1S/C15H19N3OS/c1-9-4-3-7-18(10(9)2)15(19)14-13(16)11-5-6-17-8-12(11)20-14/h5-6,8-10H,3-4,7,16H2,1-2H3. The summed E-state index contributed by atoms with van der Waals surface area (Å²) >= 11 is 1.45. The molecule has 20 heavy (non-hydrogen) atoms. The number of thiophene rings is 1. The van der Waals surface area contributed by atoms with Crippen molar-refractivity contribution in [1.82, 2.24) is 9.88 Å². The van der Waals surface area contributed by atoms with Gasteiger partial charge in [-0.3, -0.25) is 9.78 Å². The van der Waals surface area contributed by atoms with Gasteiger partial charge in [0.2, 0.25) is 0 Å². The third kappa shape index (κ3) is 2.06. The summed E-state index contributed by atoms with van der Waals surface area (Å²) in [6.07, 6.45) is 5.75. The van der Waals surface area contributed by atoms with Gasteiger partial charge in [-0.2, -0.15) is 0 Å². The summed E-state index contributed by atoms with van der Waals surface area (Å²) in [4.78, 5) is 19.5. The van der Waals surface area contributed by atoms with Crippen LogP contribution in [0, 0.1) is 5.92 Å². The first kappa shape index (κ1) is 13.4. The molecule has 0 bridgehead atoms. The van der Waals surface area contributed by atoms with E-state index >= 15 is 0 Å². The van der Waals surface area contributed by atoms with Crippen molar-refractivity contribution in [2.24, 2.45) is 5.92 Å². The van der Waals surface area contributed by atoms with Crippen LogP contribution in [0.25, 0.3) is 10.1 Å². The average Bonchev–Trinajstić information content (AvgIpc) is 2.79.